The van der Waals surface area contributed by atoms with Gasteiger partial charge in [0.15, 0.2) is 0 Å². The zero-order valence-corrected chi connectivity index (χ0v) is 27.4. The number of carbonyl (C=O) groups excluding carboxylic acids is 4. The number of ether oxygens (including phenoxy) is 3. The van der Waals surface area contributed by atoms with E-state index in [-0.39, 0.29) is 17.5 Å². The Morgan fingerprint density at radius 1 is 0.673 bits per heavy atom. The molecule has 0 radical (unpaired) electrons. The maximum absolute atomic E-state index is 13.5. The molecule has 49 heavy (non-hydrogen) atoms. The van der Waals surface area contributed by atoms with Crippen LogP contribution in [0.3, 0.4) is 0 Å². The Labute approximate surface area is 282 Å². The zero-order valence-electron chi connectivity index (χ0n) is 27.4. The number of nitrogens with one attached hydrogen (secondary N) is 1. The van der Waals surface area contributed by atoms with Crippen LogP contribution in [0.1, 0.15) is 54.7 Å². The third-order valence-corrected chi connectivity index (χ3v) is 7.35. The molecular formula is C38H36F3NO7. The van der Waals surface area contributed by atoms with Crippen molar-refractivity contribution in [1.82, 2.24) is 0 Å². The van der Waals surface area contributed by atoms with Crippen LogP contribution >= 0.6 is 0 Å². The minimum Gasteiger partial charge on any atom is -0.463 e. The van der Waals surface area contributed by atoms with Crippen molar-refractivity contribution in [2.24, 2.45) is 0 Å². The van der Waals surface area contributed by atoms with Crippen LogP contribution in [0, 0.1) is 0 Å². The minimum atomic E-state index is -4.48. The number of alkyl halides is 3. The Hall–Kier alpha value is -5.45. The topological polar surface area (TPSA) is 108 Å². The van der Waals surface area contributed by atoms with Gasteiger partial charge in [-0.05, 0) is 80.3 Å². The molecule has 4 aromatic rings. The summed E-state index contributed by atoms with van der Waals surface area (Å²) in [5.41, 5.74) is -0.528. The molecule has 0 aromatic heterocycles. The quantitative estimate of drug-likeness (QED) is 0.0939. The smallest absolute Gasteiger partial charge is 0.416 e. The molecule has 0 bridgehead atoms. The number of esters is 3. The van der Waals surface area contributed by atoms with Crippen LogP contribution in [-0.4, -0.2) is 42.6 Å². The van der Waals surface area contributed by atoms with E-state index in [1.54, 1.807) is 107 Å². The van der Waals surface area contributed by atoms with Crippen LogP contribution in [0.4, 0.5) is 18.9 Å². The second kappa shape index (κ2) is 15.6. The Balaban J connectivity index is 1.46. The minimum absolute atomic E-state index is 0.214. The molecule has 4 aromatic carbocycles. The van der Waals surface area contributed by atoms with Gasteiger partial charge in [-0.25, -0.2) is 0 Å². The lowest BCUT2D eigenvalue weighted by atomic mass is 9.81. The monoisotopic (exact) mass is 675 g/mol. The number of benzene rings is 4. The third kappa shape index (κ3) is 9.13. The lowest BCUT2D eigenvalue weighted by Crippen LogP contribution is -2.51. The molecule has 1 amide bonds. The van der Waals surface area contributed by atoms with Gasteiger partial charge in [0.2, 0.25) is 5.41 Å². The predicted molar refractivity (Wildman–Crippen MR) is 177 cm³/mol. The molecule has 0 aliphatic carbocycles. The van der Waals surface area contributed by atoms with Crippen molar-refractivity contribution in [3.05, 3.63) is 125 Å². The molecule has 0 saturated heterocycles. The van der Waals surface area contributed by atoms with Gasteiger partial charge in [-0.2, -0.15) is 13.2 Å². The molecule has 0 fully saturated rings. The van der Waals surface area contributed by atoms with E-state index in [9.17, 15) is 32.3 Å². The second-order valence-corrected chi connectivity index (χ2v) is 11.8. The van der Waals surface area contributed by atoms with Gasteiger partial charge >= 0.3 is 24.1 Å². The standard InChI is InChI=1S/C38H36F3NO7/c1-24(2)48-35(45)37(36(46)49-25(3)4,28-10-6-5-7-11-28)23-47-33(43)22-26-14-20-30(21-15-26)42-34(44)32-13-9-8-12-31(32)27-16-18-29(19-17-27)38(39,40)41/h5-21,24-25H,22-23H2,1-4H3,(H,42,44). The van der Waals surface area contributed by atoms with E-state index in [0.29, 0.717) is 22.4 Å². The van der Waals surface area contributed by atoms with Crippen LogP contribution in [0.15, 0.2) is 103 Å². The fourth-order valence-corrected chi connectivity index (χ4v) is 4.95. The van der Waals surface area contributed by atoms with Gasteiger partial charge in [0, 0.05) is 11.3 Å². The van der Waals surface area contributed by atoms with E-state index in [1.807, 2.05) is 0 Å². The molecule has 0 heterocycles. The summed E-state index contributed by atoms with van der Waals surface area (Å²) in [4.78, 5) is 53.1. The number of amides is 1. The average molecular weight is 676 g/mol. The number of carbonyl (C=O) groups is 4. The van der Waals surface area contributed by atoms with Crippen LogP contribution in [-0.2, 0) is 46.6 Å². The summed E-state index contributed by atoms with van der Waals surface area (Å²) in [6.07, 6.45) is -5.81. The van der Waals surface area contributed by atoms with Crippen molar-refractivity contribution in [2.45, 2.75) is 57.9 Å². The van der Waals surface area contributed by atoms with Crippen molar-refractivity contribution < 1.29 is 46.6 Å². The first-order chi connectivity index (χ1) is 23.2. The predicted octanol–water partition coefficient (Wildman–Crippen LogP) is 7.55. The van der Waals surface area contributed by atoms with E-state index in [4.69, 9.17) is 14.2 Å². The zero-order chi connectivity index (χ0) is 35.8. The maximum Gasteiger partial charge on any atom is 0.416 e. The fourth-order valence-electron chi connectivity index (χ4n) is 4.95. The highest BCUT2D eigenvalue weighted by Crippen LogP contribution is 2.33. The summed E-state index contributed by atoms with van der Waals surface area (Å²) in [7, 11) is 0. The second-order valence-electron chi connectivity index (χ2n) is 11.8. The van der Waals surface area contributed by atoms with Gasteiger partial charge in [-0.15, -0.1) is 0 Å². The highest BCUT2D eigenvalue weighted by molar-refractivity contribution is 6.09. The molecule has 0 aliphatic rings. The number of rotatable bonds is 12. The van der Waals surface area contributed by atoms with Gasteiger partial charge in [0.25, 0.3) is 5.91 Å². The molecule has 0 spiro atoms. The van der Waals surface area contributed by atoms with E-state index in [2.05, 4.69) is 5.32 Å². The molecule has 8 nitrogen and oxygen atoms in total. The van der Waals surface area contributed by atoms with Crippen molar-refractivity contribution >= 4 is 29.5 Å². The largest absolute Gasteiger partial charge is 0.463 e. The molecule has 4 rings (SSSR count). The third-order valence-electron chi connectivity index (χ3n) is 7.35. The maximum atomic E-state index is 13.5. The van der Waals surface area contributed by atoms with Gasteiger partial charge in [-0.3, -0.25) is 19.2 Å². The number of hydrogen-bond acceptors (Lipinski definition) is 7. The van der Waals surface area contributed by atoms with Crippen molar-refractivity contribution in [3.8, 4) is 11.1 Å². The Morgan fingerprint density at radius 2 is 1.22 bits per heavy atom. The van der Waals surface area contributed by atoms with Crippen LogP contribution < -0.4 is 5.32 Å². The number of anilines is 1. The summed E-state index contributed by atoms with van der Waals surface area (Å²) in [6, 6.07) is 25.6. The first-order valence-corrected chi connectivity index (χ1v) is 15.5. The van der Waals surface area contributed by atoms with Crippen molar-refractivity contribution in [3.63, 3.8) is 0 Å². The summed E-state index contributed by atoms with van der Waals surface area (Å²) in [5.74, 6) is -3.03. The Morgan fingerprint density at radius 3 is 1.78 bits per heavy atom. The van der Waals surface area contributed by atoms with Gasteiger partial charge in [-0.1, -0.05) is 72.8 Å². The molecule has 0 atom stereocenters. The number of hydrogen-bond donors (Lipinski definition) is 1. The summed E-state index contributed by atoms with van der Waals surface area (Å²) >= 11 is 0. The summed E-state index contributed by atoms with van der Waals surface area (Å²) in [6.45, 7) is 5.89. The lowest BCUT2D eigenvalue weighted by molar-refractivity contribution is -0.174. The number of halogens is 3. The highest BCUT2D eigenvalue weighted by atomic mass is 19.4. The van der Waals surface area contributed by atoms with E-state index in [1.165, 1.54) is 12.1 Å². The summed E-state index contributed by atoms with van der Waals surface area (Å²) < 4.78 is 55.5. The van der Waals surface area contributed by atoms with Crippen LogP contribution in [0.25, 0.3) is 11.1 Å². The molecule has 0 saturated carbocycles. The normalized spacial score (nSPS) is 11.6. The van der Waals surface area contributed by atoms with E-state index >= 15 is 0 Å². The molecule has 1 N–H and O–H groups in total. The molecule has 256 valence electrons. The SMILES string of the molecule is CC(C)OC(=O)C(COC(=O)Cc1ccc(NC(=O)c2ccccc2-c2ccc(C(F)(F)F)cc2)cc1)(C(=O)OC(C)C)c1ccccc1. The molecule has 0 aliphatic heterocycles. The lowest BCUT2D eigenvalue weighted by Gasteiger charge is -2.31. The van der Waals surface area contributed by atoms with Gasteiger partial charge < -0.3 is 19.5 Å². The average Bonchev–Trinajstić information content (AvgIpc) is 3.05. The van der Waals surface area contributed by atoms with Crippen LogP contribution in [0.2, 0.25) is 0 Å². The summed E-state index contributed by atoms with van der Waals surface area (Å²) in [5, 5.41) is 2.77. The highest BCUT2D eigenvalue weighted by Gasteiger charge is 2.53. The van der Waals surface area contributed by atoms with Gasteiger partial charge in [0.1, 0.15) is 6.61 Å². The first-order valence-electron chi connectivity index (χ1n) is 15.5. The van der Waals surface area contributed by atoms with E-state index < -0.39 is 59.8 Å². The molecule has 0 unspecified atom stereocenters. The molecule has 11 heteroatoms. The van der Waals surface area contributed by atoms with Gasteiger partial charge in [0.05, 0.1) is 24.2 Å². The fraction of sp³-hybridized carbons (Fsp3) is 0.263. The Bertz CT molecular complexity index is 1750. The van der Waals surface area contributed by atoms with Crippen molar-refractivity contribution in [1.29, 1.82) is 0 Å². The van der Waals surface area contributed by atoms with Crippen LogP contribution in [0.5, 0.6) is 0 Å². The van der Waals surface area contributed by atoms with E-state index in [0.717, 1.165) is 12.1 Å². The molecular weight excluding hydrogens is 639 g/mol. The van der Waals surface area contributed by atoms with Crippen molar-refractivity contribution in [2.75, 3.05) is 11.9 Å². The first kappa shape index (κ1) is 36.4. The Kier molecular flexibility index (Phi) is 11.6.